The normalized spacial score (nSPS) is 10.7. The number of hydrogen-bond donors (Lipinski definition) is 2. The number of rotatable bonds is 8. The summed E-state index contributed by atoms with van der Waals surface area (Å²) in [5, 5.41) is 7.52. The first kappa shape index (κ1) is 22.8. The van der Waals surface area contributed by atoms with Gasteiger partial charge in [-0.3, -0.25) is 14.4 Å². The molecule has 0 saturated heterocycles. The number of hydrogen-bond acceptors (Lipinski definition) is 4. The minimum atomic E-state index is -0.635. The molecule has 2 aromatic heterocycles. The van der Waals surface area contributed by atoms with Crippen molar-refractivity contribution in [2.24, 2.45) is 0 Å². The summed E-state index contributed by atoms with van der Waals surface area (Å²) in [6, 6.07) is 17.4. The molecule has 4 rings (SSSR count). The number of carbonyl (C=O) groups is 2. The molecule has 0 radical (unpaired) electrons. The van der Waals surface area contributed by atoms with Crippen molar-refractivity contribution < 1.29 is 14.0 Å². The maximum Gasteiger partial charge on any atom is 0.257 e. The molecule has 0 atom stereocenters. The fourth-order valence-corrected chi connectivity index (χ4v) is 3.77. The molecule has 0 saturated carbocycles. The first-order valence-corrected chi connectivity index (χ1v) is 10.9. The minimum Gasteiger partial charge on any atom is -0.464 e. The molecule has 7 nitrogen and oxygen atoms in total. The van der Waals surface area contributed by atoms with E-state index in [2.05, 4.69) is 17.2 Å². The third kappa shape index (κ3) is 4.99. The molecule has 2 amide bonds. The predicted molar refractivity (Wildman–Crippen MR) is 131 cm³/mol. The van der Waals surface area contributed by atoms with E-state index in [1.807, 2.05) is 61.5 Å². The summed E-state index contributed by atoms with van der Waals surface area (Å²) in [4.78, 5) is 38.7. The number of nitrogens with zero attached hydrogens (tertiary/aromatic N) is 1. The second-order valence-electron chi connectivity index (χ2n) is 7.92. The Morgan fingerprint density at radius 3 is 2.38 bits per heavy atom. The fraction of sp³-hybridized carbons (Fsp3) is 0.148. The lowest BCUT2D eigenvalue weighted by Crippen LogP contribution is -2.35. The Morgan fingerprint density at radius 1 is 0.971 bits per heavy atom. The highest BCUT2D eigenvalue weighted by molar-refractivity contribution is 5.99. The van der Waals surface area contributed by atoms with E-state index in [0.29, 0.717) is 5.76 Å². The van der Waals surface area contributed by atoms with Crippen LogP contribution in [0.25, 0.3) is 10.8 Å². The SMILES string of the molecule is C=CCNC(=O)c1cn(Cc2ccc(C)o2)cc(C(=O)NCc2cccc3ccccc23)c1=O. The van der Waals surface area contributed by atoms with Crippen LogP contribution in [0, 0.1) is 6.92 Å². The van der Waals surface area contributed by atoms with Gasteiger partial charge in [0.2, 0.25) is 5.43 Å². The van der Waals surface area contributed by atoms with Gasteiger partial charge in [-0.05, 0) is 35.4 Å². The second-order valence-corrected chi connectivity index (χ2v) is 7.92. The van der Waals surface area contributed by atoms with Gasteiger partial charge in [0.05, 0.1) is 6.54 Å². The van der Waals surface area contributed by atoms with Crippen LogP contribution in [-0.2, 0) is 13.1 Å². The first-order valence-electron chi connectivity index (χ1n) is 10.9. The minimum absolute atomic E-state index is 0.116. The molecule has 2 aromatic carbocycles. The lowest BCUT2D eigenvalue weighted by Gasteiger charge is -2.12. The largest absolute Gasteiger partial charge is 0.464 e. The Hall–Kier alpha value is -4.39. The third-order valence-corrected chi connectivity index (χ3v) is 5.43. The predicted octanol–water partition coefficient (Wildman–Crippen LogP) is 3.80. The van der Waals surface area contributed by atoms with Crippen LogP contribution in [-0.4, -0.2) is 22.9 Å². The number of aromatic nitrogens is 1. The Balaban J connectivity index is 1.64. The van der Waals surface area contributed by atoms with E-state index in [1.165, 1.54) is 18.5 Å². The monoisotopic (exact) mass is 455 g/mol. The van der Waals surface area contributed by atoms with E-state index in [4.69, 9.17) is 4.42 Å². The lowest BCUT2D eigenvalue weighted by molar-refractivity contribution is 0.0949. The van der Waals surface area contributed by atoms with Crippen molar-refractivity contribution in [3.05, 3.63) is 118 Å². The van der Waals surface area contributed by atoms with Gasteiger partial charge in [-0.2, -0.15) is 0 Å². The van der Waals surface area contributed by atoms with Crippen molar-refractivity contribution >= 4 is 22.6 Å². The third-order valence-electron chi connectivity index (χ3n) is 5.43. The average molecular weight is 456 g/mol. The molecule has 0 aliphatic carbocycles. The number of nitrogens with one attached hydrogen (secondary N) is 2. The Kier molecular flexibility index (Phi) is 6.73. The zero-order valence-electron chi connectivity index (χ0n) is 18.8. The summed E-state index contributed by atoms with van der Waals surface area (Å²) in [7, 11) is 0. The molecule has 0 unspecified atom stereocenters. The molecule has 2 heterocycles. The molecule has 0 aliphatic rings. The summed E-state index contributed by atoms with van der Waals surface area (Å²) in [6.45, 7) is 6.10. The van der Waals surface area contributed by atoms with Gasteiger partial charge in [-0.1, -0.05) is 48.5 Å². The van der Waals surface area contributed by atoms with Gasteiger partial charge in [-0.15, -0.1) is 6.58 Å². The van der Waals surface area contributed by atoms with E-state index >= 15 is 0 Å². The van der Waals surface area contributed by atoms with Crippen LogP contribution in [0.3, 0.4) is 0 Å². The Bertz CT molecular complexity index is 1430. The maximum atomic E-state index is 13.1. The summed E-state index contributed by atoms with van der Waals surface area (Å²) < 4.78 is 7.22. The molecular weight excluding hydrogens is 430 g/mol. The van der Waals surface area contributed by atoms with Crippen LogP contribution >= 0.6 is 0 Å². The van der Waals surface area contributed by atoms with Crippen molar-refractivity contribution in [2.45, 2.75) is 20.0 Å². The molecule has 7 heteroatoms. The molecule has 2 N–H and O–H groups in total. The van der Waals surface area contributed by atoms with E-state index in [-0.39, 0.29) is 30.8 Å². The van der Waals surface area contributed by atoms with Crippen molar-refractivity contribution in [1.29, 1.82) is 0 Å². The van der Waals surface area contributed by atoms with E-state index in [1.54, 1.807) is 4.57 Å². The van der Waals surface area contributed by atoms with Crippen LogP contribution in [0.5, 0.6) is 0 Å². The Morgan fingerprint density at radius 2 is 1.68 bits per heavy atom. The van der Waals surface area contributed by atoms with Crippen LogP contribution in [0.4, 0.5) is 0 Å². The number of aryl methyl sites for hydroxylation is 1. The molecule has 172 valence electrons. The van der Waals surface area contributed by atoms with Gasteiger partial charge in [0.1, 0.15) is 22.6 Å². The van der Waals surface area contributed by atoms with Crippen molar-refractivity contribution in [3.8, 4) is 0 Å². The number of furan rings is 1. The van der Waals surface area contributed by atoms with E-state index in [0.717, 1.165) is 22.1 Å². The molecule has 4 aromatic rings. The summed E-state index contributed by atoms with van der Waals surface area (Å²) in [5.41, 5.74) is 0.0549. The average Bonchev–Trinajstić information content (AvgIpc) is 3.26. The van der Waals surface area contributed by atoms with Crippen molar-refractivity contribution in [1.82, 2.24) is 15.2 Å². The number of fused-ring (bicyclic) bond motifs is 1. The topological polar surface area (TPSA) is 93.3 Å². The van der Waals surface area contributed by atoms with Crippen molar-refractivity contribution in [2.75, 3.05) is 6.54 Å². The van der Waals surface area contributed by atoms with Crippen LogP contribution < -0.4 is 16.1 Å². The fourth-order valence-electron chi connectivity index (χ4n) is 3.77. The van der Waals surface area contributed by atoms with E-state index in [9.17, 15) is 14.4 Å². The Labute approximate surface area is 196 Å². The molecule has 34 heavy (non-hydrogen) atoms. The van der Waals surface area contributed by atoms with Gasteiger partial charge in [0.25, 0.3) is 11.8 Å². The smallest absolute Gasteiger partial charge is 0.257 e. The van der Waals surface area contributed by atoms with Crippen LogP contribution in [0.2, 0.25) is 0 Å². The maximum absolute atomic E-state index is 13.1. The standard InChI is InChI=1S/C27H25N3O4/c1-3-13-28-26(32)23-16-30(15-21-12-11-18(2)34-21)17-24(25(23)31)27(33)29-14-20-9-6-8-19-7-4-5-10-22(19)20/h3-12,16-17H,1,13-15H2,2H3,(H,28,32)(H,29,33). The molecule has 0 fully saturated rings. The van der Waals surface area contributed by atoms with Gasteiger partial charge >= 0.3 is 0 Å². The van der Waals surface area contributed by atoms with E-state index < -0.39 is 17.2 Å². The number of amides is 2. The van der Waals surface area contributed by atoms with Crippen LogP contribution in [0.1, 0.15) is 37.8 Å². The molecule has 0 bridgehead atoms. The van der Waals surface area contributed by atoms with Gasteiger partial charge in [-0.25, -0.2) is 0 Å². The quantitative estimate of drug-likeness (QED) is 0.395. The zero-order chi connectivity index (χ0) is 24.1. The number of pyridine rings is 1. The summed E-state index contributed by atoms with van der Waals surface area (Å²) >= 11 is 0. The molecule has 0 aliphatic heterocycles. The second kappa shape index (κ2) is 10.0. The van der Waals surface area contributed by atoms with Crippen LogP contribution in [0.15, 0.2) is 88.9 Å². The molecular formula is C27H25N3O4. The number of benzene rings is 2. The highest BCUT2D eigenvalue weighted by atomic mass is 16.3. The van der Waals surface area contributed by atoms with Gasteiger partial charge in [0, 0.05) is 25.5 Å². The highest BCUT2D eigenvalue weighted by Crippen LogP contribution is 2.18. The summed E-state index contributed by atoms with van der Waals surface area (Å²) in [6.07, 6.45) is 4.39. The van der Waals surface area contributed by atoms with Gasteiger partial charge < -0.3 is 19.6 Å². The highest BCUT2D eigenvalue weighted by Gasteiger charge is 2.19. The summed E-state index contributed by atoms with van der Waals surface area (Å²) in [5.74, 6) is 0.257. The number of carbonyl (C=O) groups excluding carboxylic acids is 2. The zero-order valence-corrected chi connectivity index (χ0v) is 18.8. The molecule has 0 spiro atoms. The van der Waals surface area contributed by atoms with Gasteiger partial charge in [0.15, 0.2) is 0 Å². The lowest BCUT2D eigenvalue weighted by atomic mass is 10.0. The van der Waals surface area contributed by atoms with Crippen molar-refractivity contribution in [3.63, 3.8) is 0 Å². The first-order chi connectivity index (χ1) is 16.5.